The van der Waals surface area contributed by atoms with Crippen LogP contribution in [0.25, 0.3) is 0 Å². The molecule has 0 aromatic heterocycles. The lowest BCUT2D eigenvalue weighted by Crippen LogP contribution is -2.15. The Hall–Kier alpha value is -3.04. The van der Waals surface area contributed by atoms with Crippen molar-refractivity contribution >= 4 is 11.9 Å². The molecule has 2 N–H and O–H groups in total. The van der Waals surface area contributed by atoms with Crippen molar-refractivity contribution in [2.75, 3.05) is 0 Å². The summed E-state index contributed by atoms with van der Waals surface area (Å²) >= 11 is 0. The van der Waals surface area contributed by atoms with E-state index in [1.54, 1.807) is 0 Å². The summed E-state index contributed by atoms with van der Waals surface area (Å²) in [6.45, 7) is 0. The van der Waals surface area contributed by atoms with E-state index in [4.69, 9.17) is 10.2 Å². The number of benzene rings is 2. The summed E-state index contributed by atoms with van der Waals surface area (Å²) < 4.78 is 79.2. The zero-order valence-electron chi connectivity index (χ0n) is 13.1. The summed E-state index contributed by atoms with van der Waals surface area (Å²) in [5.74, 6) is -3.23. The maximum Gasteiger partial charge on any atom is 0.416 e. The molecule has 0 saturated heterocycles. The van der Waals surface area contributed by atoms with Crippen LogP contribution >= 0.6 is 0 Å². The van der Waals surface area contributed by atoms with Gasteiger partial charge in [0.25, 0.3) is 0 Å². The lowest BCUT2D eigenvalue weighted by Gasteiger charge is -2.17. The fourth-order valence-corrected chi connectivity index (χ4v) is 2.46. The highest BCUT2D eigenvalue weighted by atomic mass is 19.4. The Morgan fingerprint density at radius 3 is 1.30 bits per heavy atom. The number of halogens is 6. The molecule has 27 heavy (non-hydrogen) atoms. The van der Waals surface area contributed by atoms with Gasteiger partial charge < -0.3 is 10.2 Å². The fraction of sp³-hybridized carbons (Fsp3) is 0.176. The van der Waals surface area contributed by atoms with Crippen LogP contribution in [0.2, 0.25) is 0 Å². The molecule has 0 aliphatic heterocycles. The molecule has 0 saturated carbocycles. The molecule has 0 amide bonds. The van der Waals surface area contributed by atoms with Crippen LogP contribution in [-0.4, -0.2) is 22.2 Å². The Labute approximate surface area is 147 Å². The summed E-state index contributed by atoms with van der Waals surface area (Å²) in [5.41, 5.74) is -5.22. The molecule has 0 bridgehead atoms. The van der Waals surface area contributed by atoms with Crippen LogP contribution in [0.4, 0.5) is 26.3 Å². The zero-order chi connectivity index (χ0) is 20.6. The number of carbonyl (C=O) groups is 2. The molecule has 0 atom stereocenters. The lowest BCUT2D eigenvalue weighted by atomic mass is 9.93. The van der Waals surface area contributed by atoms with Crippen molar-refractivity contribution in [2.24, 2.45) is 0 Å². The van der Waals surface area contributed by atoms with Gasteiger partial charge in [-0.15, -0.1) is 0 Å². The summed E-state index contributed by atoms with van der Waals surface area (Å²) in [6, 6.07) is 3.97. The van der Waals surface area contributed by atoms with Crippen molar-refractivity contribution in [1.82, 2.24) is 0 Å². The first kappa shape index (κ1) is 20.3. The lowest BCUT2D eigenvalue weighted by molar-refractivity contribution is -0.138. The van der Waals surface area contributed by atoms with Gasteiger partial charge in [0.2, 0.25) is 0 Å². The van der Waals surface area contributed by atoms with Crippen molar-refractivity contribution in [1.29, 1.82) is 0 Å². The van der Waals surface area contributed by atoms with E-state index in [9.17, 15) is 35.9 Å². The van der Waals surface area contributed by atoms with Crippen LogP contribution < -0.4 is 0 Å². The van der Waals surface area contributed by atoms with E-state index in [0.29, 0.717) is 12.1 Å². The van der Waals surface area contributed by atoms with E-state index < -0.39 is 64.1 Å². The third-order valence-corrected chi connectivity index (χ3v) is 3.71. The van der Waals surface area contributed by atoms with E-state index in [1.165, 1.54) is 0 Å². The second kappa shape index (κ2) is 6.93. The standard InChI is InChI=1S/C17H10F6O4/c18-16(19,20)12-6-10(14(24)25)3-1-8(12)5-9-2-4-11(15(26)27)7-13(9)17(21,22)23/h1-4,6-7H,5H2,(H,24,25)(H,26,27). The molecule has 0 heterocycles. The molecule has 0 spiro atoms. The van der Waals surface area contributed by atoms with Gasteiger partial charge in [0.05, 0.1) is 22.3 Å². The van der Waals surface area contributed by atoms with Crippen molar-refractivity contribution in [3.05, 3.63) is 69.8 Å². The Morgan fingerprint density at radius 1 is 0.704 bits per heavy atom. The number of carboxylic acid groups (broad SMARTS) is 2. The molecule has 0 fully saturated rings. The largest absolute Gasteiger partial charge is 0.478 e. The van der Waals surface area contributed by atoms with Gasteiger partial charge in [0.15, 0.2) is 0 Å². The minimum atomic E-state index is -4.99. The Morgan fingerprint density at radius 2 is 1.04 bits per heavy atom. The molecule has 0 aliphatic rings. The highest BCUT2D eigenvalue weighted by Crippen LogP contribution is 2.37. The summed E-state index contributed by atoms with van der Waals surface area (Å²) in [5, 5.41) is 17.6. The second-order valence-corrected chi connectivity index (χ2v) is 5.53. The molecule has 4 nitrogen and oxygen atoms in total. The predicted octanol–water partition coefficient (Wildman–Crippen LogP) is 4.71. The van der Waals surface area contributed by atoms with Gasteiger partial charge in [-0.1, -0.05) is 12.1 Å². The Balaban J connectivity index is 2.60. The molecule has 10 heteroatoms. The van der Waals surface area contributed by atoms with Crippen molar-refractivity contribution in [3.8, 4) is 0 Å². The molecule has 2 aromatic carbocycles. The van der Waals surface area contributed by atoms with Crippen LogP contribution in [0.3, 0.4) is 0 Å². The number of hydrogen-bond acceptors (Lipinski definition) is 2. The maximum absolute atomic E-state index is 13.2. The molecule has 0 unspecified atom stereocenters. The van der Waals surface area contributed by atoms with E-state index in [1.807, 2.05) is 0 Å². The quantitative estimate of drug-likeness (QED) is 0.739. The Kier molecular flexibility index (Phi) is 5.21. The third-order valence-electron chi connectivity index (χ3n) is 3.71. The van der Waals surface area contributed by atoms with Crippen molar-refractivity contribution in [3.63, 3.8) is 0 Å². The average Bonchev–Trinajstić information content (AvgIpc) is 2.53. The van der Waals surface area contributed by atoms with Gasteiger partial charge in [-0.3, -0.25) is 0 Å². The molecule has 2 aromatic rings. The number of hydrogen-bond donors (Lipinski definition) is 2. The Bertz CT molecular complexity index is 826. The van der Waals surface area contributed by atoms with Gasteiger partial charge in [0.1, 0.15) is 0 Å². The average molecular weight is 392 g/mol. The number of aromatic carboxylic acids is 2. The first-order chi connectivity index (χ1) is 12.3. The van der Waals surface area contributed by atoms with Crippen LogP contribution in [-0.2, 0) is 18.8 Å². The van der Waals surface area contributed by atoms with Crippen LogP contribution in [0.5, 0.6) is 0 Å². The molecule has 2 rings (SSSR count). The van der Waals surface area contributed by atoms with Gasteiger partial charge in [-0.05, 0) is 41.8 Å². The van der Waals surface area contributed by atoms with Crippen molar-refractivity contribution in [2.45, 2.75) is 18.8 Å². The second-order valence-electron chi connectivity index (χ2n) is 5.53. The first-order valence-corrected chi connectivity index (χ1v) is 7.17. The van der Waals surface area contributed by atoms with Crippen LogP contribution in [0.1, 0.15) is 43.0 Å². The van der Waals surface area contributed by atoms with E-state index in [2.05, 4.69) is 0 Å². The highest BCUT2D eigenvalue weighted by Gasteiger charge is 2.37. The van der Waals surface area contributed by atoms with E-state index in [0.717, 1.165) is 24.3 Å². The van der Waals surface area contributed by atoms with Crippen molar-refractivity contribution < 1.29 is 46.1 Å². The minimum Gasteiger partial charge on any atom is -0.478 e. The van der Waals surface area contributed by atoms with E-state index >= 15 is 0 Å². The smallest absolute Gasteiger partial charge is 0.416 e. The molecular weight excluding hydrogens is 382 g/mol. The number of alkyl halides is 6. The summed E-state index contributed by atoms with van der Waals surface area (Å²) in [7, 11) is 0. The van der Waals surface area contributed by atoms with E-state index in [-0.39, 0.29) is 0 Å². The molecule has 0 aliphatic carbocycles. The maximum atomic E-state index is 13.2. The molecule has 0 radical (unpaired) electrons. The third kappa shape index (κ3) is 4.57. The number of carboxylic acids is 2. The van der Waals surface area contributed by atoms with Crippen LogP contribution in [0, 0.1) is 0 Å². The predicted molar refractivity (Wildman–Crippen MR) is 79.6 cm³/mol. The van der Waals surface area contributed by atoms with Crippen LogP contribution in [0.15, 0.2) is 36.4 Å². The molecule has 144 valence electrons. The van der Waals surface area contributed by atoms with Gasteiger partial charge in [-0.2, -0.15) is 26.3 Å². The zero-order valence-corrected chi connectivity index (χ0v) is 13.1. The fourth-order valence-electron chi connectivity index (χ4n) is 2.46. The van der Waals surface area contributed by atoms with Gasteiger partial charge in [0, 0.05) is 0 Å². The number of rotatable bonds is 4. The topological polar surface area (TPSA) is 74.6 Å². The van der Waals surface area contributed by atoms with Gasteiger partial charge >= 0.3 is 24.3 Å². The SMILES string of the molecule is O=C(O)c1ccc(Cc2ccc(C(=O)O)cc2C(F)(F)F)c(C(F)(F)F)c1. The monoisotopic (exact) mass is 392 g/mol. The normalized spacial score (nSPS) is 12.1. The summed E-state index contributed by atoms with van der Waals surface area (Å²) in [6.07, 6.45) is -10.8. The summed E-state index contributed by atoms with van der Waals surface area (Å²) in [4.78, 5) is 21.7. The van der Waals surface area contributed by atoms with Gasteiger partial charge in [-0.25, -0.2) is 9.59 Å². The molecular formula is C17H10F6O4. The first-order valence-electron chi connectivity index (χ1n) is 7.17. The minimum absolute atomic E-state index is 0.344. The highest BCUT2D eigenvalue weighted by molar-refractivity contribution is 5.88.